The van der Waals surface area contributed by atoms with Gasteiger partial charge in [0.15, 0.2) is 0 Å². The van der Waals surface area contributed by atoms with Gasteiger partial charge in [0, 0.05) is 38.1 Å². The van der Waals surface area contributed by atoms with Gasteiger partial charge in [-0.15, -0.1) is 0 Å². The van der Waals surface area contributed by atoms with E-state index < -0.39 is 0 Å². The lowest BCUT2D eigenvalue weighted by Gasteiger charge is -2.26. The van der Waals surface area contributed by atoms with Crippen molar-refractivity contribution in [2.45, 2.75) is 64.7 Å². The highest BCUT2D eigenvalue weighted by molar-refractivity contribution is 5.94. The number of rotatable bonds is 7. The molecule has 0 radical (unpaired) electrons. The number of hydrogen-bond donors (Lipinski definition) is 1. The monoisotopic (exact) mass is 560 g/mol. The van der Waals surface area contributed by atoms with Crippen LogP contribution in [0.25, 0.3) is 11.1 Å². The summed E-state index contributed by atoms with van der Waals surface area (Å²) in [6.07, 6.45) is 16.1. The molecule has 3 heterocycles. The number of hydrogen-bond acceptors (Lipinski definition) is 4. The number of anilines is 2. The summed E-state index contributed by atoms with van der Waals surface area (Å²) in [5.74, 6) is 0.548. The van der Waals surface area contributed by atoms with E-state index in [0.29, 0.717) is 17.1 Å². The molecule has 6 heteroatoms. The Morgan fingerprint density at radius 3 is 2.62 bits per heavy atom. The van der Waals surface area contributed by atoms with Crippen molar-refractivity contribution in [2.75, 3.05) is 18.4 Å². The van der Waals surface area contributed by atoms with E-state index in [1.807, 2.05) is 17.2 Å². The maximum absolute atomic E-state index is 13.1. The number of nitrogens with one attached hydrogen (secondary N) is 1. The normalized spacial score (nSPS) is 16.7. The third kappa shape index (κ3) is 5.76. The molecule has 2 aromatic heterocycles. The molecule has 3 aliphatic rings. The van der Waals surface area contributed by atoms with E-state index in [0.717, 1.165) is 49.9 Å². The Kier molecular flexibility index (Phi) is 7.96. The first-order chi connectivity index (χ1) is 20.4. The fraction of sp³-hybridized carbons (Fsp3) is 0.361. The third-order valence-electron chi connectivity index (χ3n) is 9.10. The lowest BCUT2D eigenvalue weighted by Crippen LogP contribution is -2.35. The van der Waals surface area contributed by atoms with Crippen LogP contribution >= 0.6 is 0 Å². The van der Waals surface area contributed by atoms with E-state index >= 15 is 0 Å². The number of piperidine rings is 1. The third-order valence-corrected chi connectivity index (χ3v) is 9.10. The maximum Gasteiger partial charge on any atom is 0.274 e. The number of amides is 1. The molecule has 1 aliphatic heterocycles. The first-order valence-corrected chi connectivity index (χ1v) is 15.3. The summed E-state index contributed by atoms with van der Waals surface area (Å²) in [5, 5.41) is 3.20. The number of aryl methyl sites for hydroxylation is 1. The molecule has 1 fully saturated rings. The van der Waals surface area contributed by atoms with Crippen molar-refractivity contribution >= 4 is 17.4 Å². The van der Waals surface area contributed by atoms with Gasteiger partial charge in [0.05, 0.1) is 5.56 Å². The largest absolute Gasteiger partial charge is 0.339 e. The van der Waals surface area contributed by atoms with E-state index in [-0.39, 0.29) is 11.5 Å². The molecule has 0 spiro atoms. The molecule has 1 amide bonds. The molecule has 1 aromatic carbocycles. The Morgan fingerprint density at radius 2 is 1.86 bits per heavy atom. The number of aromatic nitrogens is 2. The molecule has 0 saturated carbocycles. The van der Waals surface area contributed by atoms with E-state index in [4.69, 9.17) is 0 Å². The Bertz CT molecular complexity index is 1650. The molecule has 216 valence electrons. The average Bonchev–Trinajstić information content (AvgIpc) is 3.46. The highest BCUT2D eigenvalue weighted by Crippen LogP contribution is 2.39. The van der Waals surface area contributed by atoms with Crippen LogP contribution in [0.3, 0.4) is 0 Å². The first-order valence-electron chi connectivity index (χ1n) is 15.3. The van der Waals surface area contributed by atoms with Crippen LogP contribution in [0.15, 0.2) is 88.5 Å². The SMILES string of the molecule is C=C(Cc1cccc(-c2cc(Nc3ccc(C(=O)N4CCCCC4)cn3)c(=O)n(C)c2)c1C)C1=CC2=C(CCCC2)C1. The molecule has 6 nitrogen and oxygen atoms in total. The first kappa shape index (κ1) is 28.0. The fourth-order valence-electron chi connectivity index (χ4n) is 6.58. The Hall–Kier alpha value is -4.19. The summed E-state index contributed by atoms with van der Waals surface area (Å²) in [6, 6.07) is 11.8. The van der Waals surface area contributed by atoms with E-state index in [1.165, 1.54) is 54.4 Å². The van der Waals surface area contributed by atoms with E-state index in [9.17, 15) is 9.59 Å². The van der Waals surface area contributed by atoms with Gasteiger partial charge in [0.2, 0.25) is 0 Å². The van der Waals surface area contributed by atoms with Crippen LogP contribution in [0, 0.1) is 6.92 Å². The molecule has 3 aromatic rings. The number of benzene rings is 1. The number of nitrogens with zero attached hydrogens (tertiary/aromatic N) is 3. The standard InChI is InChI=1S/C36H40N4O2/c1-24(30-19-27-10-5-6-11-28(27)20-30)18-26-12-9-13-32(25(26)2)31-21-33(36(42)39(3)23-31)38-34-15-14-29(22-37-34)35(41)40-16-7-4-8-17-40/h9,12-15,19,21-23H,1,4-8,10-11,16-18,20H2,2-3H3,(H,37,38). The summed E-state index contributed by atoms with van der Waals surface area (Å²) >= 11 is 0. The molecule has 0 bridgehead atoms. The zero-order chi connectivity index (χ0) is 29.2. The van der Waals surface area contributed by atoms with E-state index in [1.54, 1.807) is 41.1 Å². The highest BCUT2D eigenvalue weighted by Gasteiger charge is 2.21. The second kappa shape index (κ2) is 12.0. The molecule has 1 saturated heterocycles. The van der Waals surface area contributed by atoms with Gasteiger partial charge in [-0.3, -0.25) is 9.59 Å². The zero-order valence-electron chi connectivity index (χ0n) is 24.8. The van der Waals surface area contributed by atoms with Crippen LogP contribution < -0.4 is 10.9 Å². The van der Waals surface area contributed by atoms with Gasteiger partial charge in [-0.2, -0.15) is 0 Å². The summed E-state index contributed by atoms with van der Waals surface area (Å²) in [5.41, 5.74) is 11.1. The Morgan fingerprint density at radius 1 is 1.05 bits per heavy atom. The quantitative estimate of drug-likeness (QED) is 0.326. The van der Waals surface area contributed by atoms with E-state index in [2.05, 4.69) is 48.1 Å². The summed E-state index contributed by atoms with van der Waals surface area (Å²) in [4.78, 5) is 32.3. The zero-order valence-corrected chi connectivity index (χ0v) is 24.8. The van der Waals surface area contributed by atoms with Crippen molar-refractivity contribution in [3.63, 3.8) is 0 Å². The topological polar surface area (TPSA) is 67.2 Å². The second-order valence-electron chi connectivity index (χ2n) is 12.0. The lowest BCUT2D eigenvalue weighted by molar-refractivity contribution is 0.0724. The van der Waals surface area contributed by atoms with Crippen LogP contribution in [-0.2, 0) is 13.5 Å². The molecular weight excluding hydrogens is 520 g/mol. The van der Waals surface area contributed by atoms with Crippen LogP contribution in [0.5, 0.6) is 0 Å². The van der Waals surface area contributed by atoms with Gasteiger partial charge in [-0.25, -0.2) is 4.98 Å². The van der Waals surface area contributed by atoms with Crippen molar-refractivity contribution < 1.29 is 4.79 Å². The number of pyridine rings is 2. The van der Waals surface area contributed by atoms with Crippen molar-refractivity contribution in [2.24, 2.45) is 7.05 Å². The highest BCUT2D eigenvalue weighted by atomic mass is 16.2. The minimum Gasteiger partial charge on any atom is -0.339 e. The van der Waals surface area contributed by atoms with Crippen molar-refractivity contribution in [3.8, 4) is 11.1 Å². The predicted molar refractivity (Wildman–Crippen MR) is 170 cm³/mol. The Balaban J connectivity index is 1.20. The molecule has 0 unspecified atom stereocenters. The minimum absolute atomic E-state index is 0.0183. The van der Waals surface area contributed by atoms with Gasteiger partial charge in [-0.1, -0.05) is 36.4 Å². The summed E-state index contributed by atoms with van der Waals surface area (Å²) in [7, 11) is 1.77. The smallest absolute Gasteiger partial charge is 0.274 e. The van der Waals surface area contributed by atoms with Crippen molar-refractivity contribution in [1.29, 1.82) is 0 Å². The van der Waals surface area contributed by atoms with Gasteiger partial charge in [0.1, 0.15) is 11.5 Å². The molecule has 0 atom stereocenters. The number of allylic oxidation sites excluding steroid dienone is 5. The average molecular weight is 561 g/mol. The fourth-order valence-corrected chi connectivity index (χ4v) is 6.58. The van der Waals surface area contributed by atoms with Gasteiger partial charge in [0.25, 0.3) is 11.5 Å². The lowest BCUT2D eigenvalue weighted by atomic mass is 9.90. The number of carbonyl (C=O) groups excluding carboxylic acids is 1. The summed E-state index contributed by atoms with van der Waals surface area (Å²) < 4.78 is 1.61. The van der Waals surface area contributed by atoms with Crippen molar-refractivity contribution in [1.82, 2.24) is 14.5 Å². The van der Waals surface area contributed by atoms with Gasteiger partial charge in [-0.05, 0) is 116 Å². The summed E-state index contributed by atoms with van der Waals surface area (Å²) in [6.45, 7) is 8.24. The van der Waals surface area contributed by atoms with Gasteiger partial charge < -0.3 is 14.8 Å². The van der Waals surface area contributed by atoms with Crippen molar-refractivity contribution in [3.05, 3.63) is 111 Å². The predicted octanol–water partition coefficient (Wildman–Crippen LogP) is 7.42. The maximum atomic E-state index is 13.1. The molecule has 2 aliphatic carbocycles. The van der Waals surface area contributed by atoms with Crippen LogP contribution in [-0.4, -0.2) is 33.4 Å². The molecule has 42 heavy (non-hydrogen) atoms. The second-order valence-corrected chi connectivity index (χ2v) is 12.0. The van der Waals surface area contributed by atoms with Crippen LogP contribution in [0.4, 0.5) is 11.5 Å². The molecular formula is C36H40N4O2. The van der Waals surface area contributed by atoms with Crippen LogP contribution in [0.2, 0.25) is 0 Å². The van der Waals surface area contributed by atoms with Crippen LogP contribution in [0.1, 0.15) is 72.9 Å². The minimum atomic E-state index is -0.138. The molecule has 6 rings (SSSR count). The molecule has 1 N–H and O–H groups in total. The number of likely N-dealkylation sites (tertiary alicyclic amines) is 1. The van der Waals surface area contributed by atoms with Gasteiger partial charge >= 0.3 is 0 Å². The number of carbonyl (C=O) groups is 1. The Labute approximate surface area is 248 Å².